The first-order valence-electron chi connectivity index (χ1n) is 8.63. The lowest BCUT2D eigenvalue weighted by Gasteiger charge is -2.28. The van der Waals surface area contributed by atoms with Gasteiger partial charge in [-0.25, -0.2) is 0 Å². The third-order valence-electron chi connectivity index (χ3n) is 4.48. The predicted molar refractivity (Wildman–Crippen MR) is 105 cm³/mol. The van der Waals surface area contributed by atoms with E-state index < -0.39 is 0 Å². The van der Waals surface area contributed by atoms with Gasteiger partial charge in [-0.2, -0.15) is 0 Å². The van der Waals surface area contributed by atoms with E-state index in [0.717, 1.165) is 26.2 Å². The van der Waals surface area contributed by atoms with Gasteiger partial charge in [-0.3, -0.25) is 4.79 Å². The molecular weight excluding hydrogens is 334 g/mol. The van der Waals surface area contributed by atoms with Crippen molar-refractivity contribution in [2.45, 2.75) is 20.0 Å². The lowest BCUT2D eigenvalue weighted by molar-refractivity contribution is -0.130. The van der Waals surface area contributed by atoms with Gasteiger partial charge in [0.25, 0.3) is 0 Å². The Morgan fingerprint density at radius 2 is 1.84 bits per heavy atom. The van der Waals surface area contributed by atoms with E-state index in [0.29, 0.717) is 13.1 Å². The minimum Gasteiger partial charge on any atom is -0.361 e. The van der Waals surface area contributed by atoms with Crippen molar-refractivity contribution in [1.82, 2.24) is 10.2 Å². The van der Waals surface area contributed by atoms with Crippen LogP contribution in [-0.2, 0) is 17.9 Å². The Kier molecular flexibility index (Phi) is 7.29. The van der Waals surface area contributed by atoms with Crippen LogP contribution in [0.5, 0.6) is 0 Å². The predicted octanol–water partition coefficient (Wildman–Crippen LogP) is 3.07. The first-order valence-corrected chi connectivity index (χ1v) is 8.63. The van der Waals surface area contributed by atoms with Gasteiger partial charge in [0.1, 0.15) is 0 Å². The molecule has 0 bridgehead atoms. The van der Waals surface area contributed by atoms with Crippen LogP contribution in [0.4, 0.5) is 5.69 Å². The number of carbonyl (C=O) groups excluding carboxylic acids is 1. The normalized spacial score (nSPS) is 13.4. The Balaban J connectivity index is 0.00000225. The van der Waals surface area contributed by atoms with Gasteiger partial charge in [0.2, 0.25) is 5.91 Å². The number of carbonyl (C=O) groups is 1. The summed E-state index contributed by atoms with van der Waals surface area (Å²) in [4.78, 5) is 17.0. The minimum atomic E-state index is 0. The zero-order valence-corrected chi connectivity index (χ0v) is 15.5. The van der Waals surface area contributed by atoms with Gasteiger partial charge in [0, 0.05) is 38.4 Å². The molecule has 0 aromatic heterocycles. The number of nitrogens with zero attached hydrogens (tertiary/aromatic N) is 2. The molecule has 2 aromatic carbocycles. The molecule has 1 aliphatic rings. The van der Waals surface area contributed by atoms with Gasteiger partial charge in [-0.15, -0.1) is 12.4 Å². The third-order valence-corrected chi connectivity index (χ3v) is 4.48. The summed E-state index contributed by atoms with van der Waals surface area (Å²) in [5.41, 5.74) is 3.60. The summed E-state index contributed by atoms with van der Waals surface area (Å²) in [7, 11) is 0. The van der Waals surface area contributed by atoms with Gasteiger partial charge in [-0.05, 0) is 24.1 Å². The fraction of sp³-hybridized carbons (Fsp3) is 0.350. The molecule has 1 N–H and O–H groups in total. The highest BCUT2D eigenvalue weighted by atomic mass is 35.5. The number of benzene rings is 2. The van der Waals surface area contributed by atoms with Crippen LogP contribution in [0.2, 0.25) is 0 Å². The Morgan fingerprint density at radius 3 is 2.60 bits per heavy atom. The van der Waals surface area contributed by atoms with E-state index in [4.69, 9.17) is 0 Å². The summed E-state index contributed by atoms with van der Waals surface area (Å²) < 4.78 is 0. The number of nitrogens with one attached hydrogen (secondary N) is 1. The van der Waals surface area contributed by atoms with Crippen molar-refractivity contribution < 1.29 is 4.79 Å². The summed E-state index contributed by atoms with van der Waals surface area (Å²) in [5.74, 6) is 0.179. The second-order valence-corrected chi connectivity index (χ2v) is 6.12. The van der Waals surface area contributed by atoms with E-state index in [1.807, 2.05) is 36.1 Å². The summed E-state index contributed by atoms with van der Waals surface area (Å²) in [6, 6.07) is 18.5. The summed E-state index contributed by atoms with van der Waals surface area (Å²) in [6.45, 7) is 6.48. The van der Waals surface area contributed by atoms with Crippen LogP contribution in [-0.4, -0.2) is 37.0 Å². The monoisotopic (exact) mass is 359 g/mol. The van der Waals surface area contributed by atoms with Crippen molar-refractivity contribution in [3.8, 4) is 0 Å². The Hall–Kier alpha value is -2.04. The van der Waals surface area contributed by atoms with Gasteiger partial charge in [0.05, 0.1) is 6.54 Å². The van der Waals surface area contributed by atoms with E-state index in [1.54, 1.807) is 0 Å². The second-order valence-electron chi connectivity index (χ2n) is 6.12. The zero-order chi connectivity index (χ0) is 16.8. The quantitative estimate of drug-likeness (QED) is 0.891. The van der Waals surface area contributed by atoms with E-state index in [-0.39, 0.29) is 18.3 Å². The summed E-state index contributed by atoms with van der Waals surface area (Å²) in [6.07, 6.45) is 0. The van der Waals surface area contributed by atoms with Gasteiger partial charge < -0.3 is 15.1 Å². The molecule has 0 radical (unpaired) electrons. The lowest BCUT2D eigenvalue weighted by atomic mass is 10.1. The maximum Gasteiger partial charge on any atom is 0.242 e. The lowest BCUT2D eigenvalue weighted by Crippen LogP contribution is -2.41. The molecule has 0 unspecified atom stereocenters. The maximum atomic E-state index is 12.8. The number of hydrogen-bond acceptors (Lipinski definition) is 3. The molecule has 0 fully saturated rings. The Bertz CT molecular complexity index is 678. The fourth-order valence-electron chi connectivity index (χ4n) is 3.13. The molecule has 0 atom stereocenters. The molecule has 0 saturated heterocycles. The SMILES string of the molecule is CCN(Cc1ccccc1)C(=O)CN1CCNCc2ccccc21.Cl. The topological polar surface area (TPSA) is 35.6 Å². The molecule has 0 spiro atoms. The van der Waals surface area contributed by atoms with E-state index >= 15 is 0 Å². The van der Waals surface area contributed by atoms with Crippen molar-refractivity contribution in [2.75, 3.05) is 31.1 Å². The average Bonchev–Trinajstić information content (AvgIpc) is 2.83. The molecule has 4 nitrogen and oxygen atoms in total. The Morgan fingerprint density at radius 1 is 1.12 bits per heavy atom. The molecular formula is C20H26ClN3O. The fourth-order valence-corrected chi connectivity index (χ4v) is 3.13. The van der Waals surface area contributed by atoms with Crippen LogP contribution in [0, 0.1) is 0 Å². The molecule has 134 valence electrons. The van der Waals surface area contributed by atoms with Gasteiger partial charge >= 0.3 is 0 Å². The number of para-hydroxylation sites is 1. The first-order chi connectivity index (χ1) is 11.8. The number of likely N-dealkylation sites (N-methyl/N-ethyl adjacent to an activating group) is 1. The largest absolute Gasteiger partial charge is 0.361 e. The zero-order valence-electron chi connectivity index (χ0n) is 14.6. The molecule has 3 rings (SSSR count). The number of hydrogen-bond donors (Lipinski definition) is 1. The van der Waals surface area contributed by atoms with Crippen molar-refractivity contribution in [3.63, 3.8) is 0 Å². The van der Waals surface area contributed by atoms with Crippen LogP contribution in [0.15, 0.2) is 54.6 Å². The van der Waals surface area contributed by atoms with Gasteiger partial charge in [-0.1, -0.05) is 48.5 Å². The number of halogens is 1. The van der Waals surface area contributed by atoms with E-state index in [1.165, 1.54) is 16.8 Å². The highest BCUT2D eigenvalue weighted by Gasteiger charge is 2.20. The van der Waals surface area contributed by atoms with Crippen molar-refractivity contribution in [1.29, 1.82) is 0 Å². The van der Waals surface area contributed by atoms with Crippen LogP contribution in [0.25, 0.3) is 0 Å². The molecule has 2 aromatic rings. The molecule has 0 saturated carbocycles. The maximum absolute atomic E-state index is 12.8. The van der Waals surface area contributed by atoms with Crippen LogP contribution >= 0.6 is 12.4 Å². The number of amides is 1. The van der Waals surface area contributed by atoms with Crippen LogP contribution in [0.1, 0.15) is 18.1 Å². The molecule has 1 heterocycles. The van der Waals surface area contributed by atoms with Crippen LogP contribution in [0.3, 0.4) is 0 Å². The van der Waals surface area contributed by atoms with Crippen molar-refractivity contribution >= 4 is 24.0 Å². The number of rotatable bonds is 5. The van der Waals surface area contributed by atoms with Crippen LogP contribution < -0.4 is 10.2 Å². The molecule has 1 amide bonds. The number of fused-ring (bicyclic) bond motifs is 1. The molecule has 0 aliphatic carbocycles. The Labute approximate surface area is 156 Å². The van der Waals surface area contributed by atoms with E-state index in [2.05, 4.69) is 40.5 Å². The molecule has 25 heavy (non-hydrogen) atoms. The smallest absolute Gasteiger partial charge is 0.242 e. The summed E-state index contributed by atoms with van der Waals surface area (Å²) in [5, 5.41) is 3.42. The van der Waals surface area contributed by atoms with Crippen molar-refractivity contribution in [2.24, 2.45) is 0 Å². The average molecular weight is 360 g/mol. The highest BCUT2D eigenvalue weighted by Crippen LogP contribution is 2.22. The highest BCUT2D eigenvalue weighted by molar-refractivity contribution is 5.85. The first kappa shape index (κ1) is 19.3. The standard InChI is InChI=1S/C20H25N3O.ClH/c1-2-22(15-17-8-4-3-5-9-17)20(24)16-23-13-12-21-14-18-10-6-7-11-19(18)23;/h3-11,21H,2,12-16H2,1H3;1H. The van der Waals surface area contributed by atoms with Gasteiger partial charge in [0.15, 0.2) is 0 Å². The van der Waals surface area contributed by atoms with E-state index in [9.17, 15) is 4.79 Å². The molecule has 1 aliphatic heterocycles. The molecule has 5 heteroatoms. The minimum absolute atomic E-state index is 0. The second kappa shape index (κ2) is 9.44. The summed E-state index contributed by atoms with van der Waals surface area (Å²) >= 11 is 0. The number of anilines is 1. The third kappa shape index (κ3) is 4.97. The van der Waals surface area contributed by atoms with Crippen molar-refractivity contribution in [3.05, 3.63) is 65.7 Å².